The number of hydrogen-bond donors (Lipinski definition) is 1. The zero-order valence-corrected chi connectivity index (χ0v) is 17.3. The molecule has 4 aromatic rings. The number of nitrogens with zero attached hydrogens (tertiary/aromatic N) is 1. The van der Waals surface area contributed by atoms with Gasteiger partial charge in [0.15, 0.2) is 12.0 Å². The molecule has 0 fully saturated rings. The van der Waals surface area contributed by atoms with E-state index in [1.165, 1.54) is 23.8 Å². The molecule has 0 spiro atoms. The van der Waals surface area contributed by atoms with Gasteiger partial charge in [0.1, 0.15) is 28.2 Å². The van der Waals surface area contributed by atoms with Crippen LogP contribution in [0, 0.1) is 0 Å². The van der Waals surface area contributed by atoms with E-state index in [0.29, 0.717) is 18.8 Å². The summed E-state index contributed by atoms with van der Waals surface area (Å²) < 4.78 is 11.5. The maximum atomic E-state index is 12.7. The third-order valence-electron chi connectivity index (χ3n) is 5.69. The standard InChI is InChI=1S/C26H21NO5/c28-21-12-20(31-16-25(30)27-11-10-17-6-4-5-9-19(17)15-27)13-24-26(21)22(29)14-23(32-24)18-7-2-1-3-8-18/h1-9,12-14,28H,10-11,15-16H2. The smallest absolute Gasteiger partial charge is 0.260 e. The highest BCUT2D eigenvalue weighted by Gasteiger charge is 2.21. The third kappa shape index (κ3) is 3.83. The largest absolute Gasteiger partial charge is 0.507 e. The number of rotatable bonds is 4. The highest BCUT2D eigenvalue weighted by Crippen LogP contribution is 2.31. The van der Waals surface area contributed by atoms with E-state index in [2.05, 4.69) is 6.07 Å². The second-order valence-corrected chi connectivity index (χ2v) is 7.78. The van der Waals surface area contributed by atoms with E-state index < -0.39 is 0 Å². The number of hydrogen-bond acceptors (Lipinski definition) is 5. The molecule has 0 aliphatic carbocycles. The van der Waals surface area contributed by atoms with Gasteiger partial charge in [-0.05, 0) is 17.5 Å². The van der Waals surface area contributed by atoms with Crippen molar-refractivity contribution in [1.82, 2.24) is 4.90 Å². The minimum atomic E-state index is -0.350. The number of carbonyl (C=O) groups is 1. The molecule has 32 heavy (non-hydrogen) atoms. The zero-order chi connectivity index (χ0) is 22.1. The Morgan fingerprint density at radius 1 is 1.00 bits per heavy atom. The Labute approximate surface area is 184 Å². The van der Waals surface area contributed by atoms with Crippen LogP contribution in [0.2, 0.25) is 0 Å². The number of amides is 1. The van der Waals surface area contributed by atoms with Gasteiger partial charge in [0.25, 0.3) is 5.91 Å². The van der Waals surface area contributed by atoms with Crippen molar-refractivity contribution in [2.45, 2.75) is 13.0 Å². The first-order valence-electron chi connectivity index (χ1n) is 10.4. The van der Waals surface area contributed by atoms with E-state index in [4.69, 9.17) is 9.15 Å². The Bertz CT molecular complexity index is 1360. The first kappa shape index (κ1) is 19.9. The summed E-state index contributed by atoms with van der Waals surface area (Å²) in [6, 6.07) is 21.6. The minimum Gasteiger partial charge on any atom is -0.507 e. The van der Waals surface area contributed by atoms with Crippen molar-refractivity contribution in [1.29, 1.82) is 0 Å². The van der Waals surface area contributed by atoms with Gasteiger partial charge in [-0.15, -0.1) is 0 Å². The Kier molecular flexibility index (Phi) is 5.11. The molecule has 3 aromatic carbocycles. The molecule has 1 aromatic heterocycles. The van der Waals surface area contributed by atoms with Crippen LogP contribution < -0.4 is 10.2 Å². The summed E-state index contributed by atoms with van der Waals surface area (Å²) >= 11 is 0. The van der Waals surface area contributed by atoms with Gasteiger partial charge in [-0.2, -0.15) is 0 Å². The van der Waals surface area contributed by atoms with Crippen LogP contribution in [0.25, 0.3) is 22.3 Å². The number of carbonyl (C=O) groups excluding carboxylic acids is 1. The van der Waals surface area contributed by atoms with Crippen molar-refractivity contribution in [3.63, 3.8) is 0 Å². The maximum absolute atomic E-state index is 12.7. The lowest BCUT2D eigenvalue weighted by Crippen LogP contribution is -2.38. The molecule has 1 N–H and O–H groups in total. The quantitative estimate of drug-likeness (QED) is 0.530. The number of fused-ring (bicyclic) bond motifs is 2. The van der Waals surface area contributed by atoms with Crippen molar-refractivity contribution in [3.8, 4) is 22.8 Å². The van der Waals surface area contributed by atoms with Crippen LogP contribution in [0.15, 0.2) is 82.0 Å². The molecule has 2 heterocycles. The van der Waals surface area contributed by atoms with Crippen LogP contribution in [0.3, 0.4) is 0 Å². The number of phenolic OH excluding ortho intramolecular Hbond substituents is 1. The van der Waals surface area contributed by atoms with Crippen molar-refractivity contribution >= 4 is 16.9 Å². The molecule has 0 saturated carbocycles. The molecule has 5 rings (SSSR count). The van der Waals surface area contributed by atoms with Crippen molar-refractivity contribution in [3.05, 3.63) is 94.1 Å². The van der Waals surface area contributed by atoms with E-state index in [9.17, 15) is 14.7 Å². The molecule has 1 aliphatic heterocycles. The minimum absolute atomic E-state index is 0.0796. The van der Waals surface area contributed by atoms with Crippen molar-refractivity contribution in [2.24, 2.45) is 0 Å². The average Bonchev–Trinajstić information content (AvgIpc) is 2.82. The van der Waals surface area contributed by atoms with Gasteiger partial charge >= 0.3 is 0 Å². The fourth-order valence-electron chi connectivity index (χ4n) is 4.02. The van der Waals surface area contributed by atoms with Gasteiger partial charge in [-0.25, -0.2) is 0 Å². The van der Waals surface area contributed by atoms with E-state index >= 15 is 0 Å². The monoisotopic (exact) mass is 427 g/mol. The summed E-state index contributed by atoms with van der Waals surface area (Å²) in [6.07, 6.45) is 0.812. The number of ether oxygens (including phenoxy) is 1. The highest BCUT2D eigenvalue weighted by atomic mass is 16.5. The molecule has 0 radical (unpaired) electrons. The van der Waals surface area contributed by atoms with Crippen LogP contribution in [0.1, 0.15) is 11.1 Å². The second-order valence-electron chi connectivity index (χ2n) is 7.78. The zero-order valence-electron chi connectivity index (χ0n) is 17.3. The predicted molar refractivity (Wildman–Crippen MR) is 121 cm³/mol. The number of phenols is 1. The number of benzene rings is 3. The summed E-state index contributed by atoms with van der Waals surface area (Å²) in [5.74, 6) is 0.264. The fraction of sp³-hybridized carbons (Fsp3) is 0.154. The molecule has 1 amide bonds. The molecule has 0 atom stereocenters. The summed E-state index contributed by atoms with van der Waals surface area (Å²) in [6.45, 7) is 1.02. The first-order valence-corrected chi connectivity index (χ1v) is 10.4. The highest BCUT2D eigenvalue weighted by molar-refractivity contribution is 5.86. The molecular formula is C26H21NO5. The molecule has 6 nitrogen and oxygen atoms in total. The first-order chi connectivity index (χ1) is 15.6. The topological polar surface area (TPSA) is 80.0 Å². The van der Waals surface area contributed by atoms with Crippen molar-refractivity contribution in [2.75, 3.05) is 13.2 Å². The van der Waals surface area contributed by atoms with Gasteiger partial charge < -0.3 is 19.2 Å². The van der Waals surface area contributed by atoms with Crippen LogP contribution in [0.4, 0.5) is 0 Å². The van der Waals surface area contributed by atoms with E-state index in [-0.39, 0.29) is 40.4 Å². The van der Waals surface area contributed by atoms with Gasteiger partial charge in [0.05, 0.1) is 0 Å². The predicted octanol–water partition coefficient (Wildman–Crippen LogP) is 4.13. The van der Waals surface area contributed by atoms with E-state index in [1.54, 1.807) is 4.90 Å². The summed E-state index contributed by atoms with van der Waals surface area (Å²) in [4.78, 5) is 27.0. The summed E-state index contributed by atoms with van der Waals surface area (Å²) in [5.41, 5.74) is 3.01. The SMILES string of the molecule is O=C(COc1cc(O)c2c(=O)cc(-c3ccccc3)oc2c1)N1CCc2ccccc2C1. The summed E-state index contributed by atoms with van der Waals surface area (Å²) in [5, 5.41) is 10.5. The van der Waals surface area contributed by atoms with Crippen molar-refractivity contribution < 1.29 is 19.1 Å². The third-order valence-corrected chi connectivity index (χ3v) is 5.69. The average molecular weight is 427 g/mol. The van der Waals surface area contributed by atoms with Gasteiger partial charge in [0, 0.05) is 36.9 Å². The Hall–Kier alpha value is -4.06. The van der Waals surface area contributed by atoms with E-state index in [0.717, 1.165) is 17.5 Å². The Morgan fingerprint density at radius 3 is 2.56 bits per heavy atom. The van der Waals surface area contributed by atoms with Crippen LogP contribution in [-0.2, 0) is 17.8 Å². The lowest BCUT2D eigenvalue weighted by Gasteiger charge is -2.28. The molecule has 0 unspecified atom stereocenters. The van der Waals surface area contributed by atoms with Crippen LogP contribution >= 0.6 is 0 Å². The Balaban J connectivity index is 1.36. The fourth-order valence-corrected chi connectivity index (χ4v) is 4.02. The Morgan fingerprint density at radius 2 is 1.75 bits per heavy atom. The molecular weight excluding hydrogens is 406 g/mol. The van der Waals surface area contributed by atoms with E-state index in [1.807, 2.05) is 48.5 Å². The molecule has 1 aliphatic rings. The van der Waals surface area contributed by atoms with Gasteiger partial charge in [-0.3, -0.25) is 9.59 Å². The van der Waals surface area contributed by atoms with Crippen LogP contribution in [0.5, 0.6) is 11.5 Å². The van der Waals surface area contributed by atoms with Crippen LogP contribution in [-0.4, -0.2) is 29.1 Å². The van der Waals surface area contributed by atoms with Gasteiger partial charge in [0.2, 0.25) is 0 Å². The second kappa shape index (κ2) is 8.23. The lowest BCUT2D eigenvalue weighted by molar-refractivity contribution is -0.134. The number of aromatic hydroxyl groups is 1. The molecule has 160 valence electrons. The normalized spacial score (nSPS) is 13.1. The molecule has 0 bridgehead atoms. The molecule has 0 saturated heterocycles. The maximum Gasteiger partial charge on any atom is 0.260 e. The lowest BCUT2D eigenvalue weighted by atomic mass is 10.00. The summed E-state index contributed by atoms with van der Waals surface area (Å²) in [7, 11) is 0. The van der Waals surface area contributed by atoms with Gasteiger partial charge in [-0.1, -0.05) is 54.6 Å². The molecule has 6 heteroatoms.